The van der Waals surface area contributed by atoms with Gasteiger partial charge in [-0.25, -0.2) is 0 Å². The van der Waals surface area contributed by atoms with Gasteiger partial charge in [0, 0.05) is 6.42 Å². The zero-order valence-electron chi connectivity index (χ0n) is 8.00. The fraction of sp³-hybridized carbons (Fsp3) is 0.900. The van der Waals surface area contributed by atoms with Crippen LogP contribution in [-0.2, 0) is 9.53 Å². The van der Waals surface area contributed by atoms with Gasteiger partial charge in [-0.3, -0.25) is 4.79 Å². The molecule has 76 valence electrons. The first-order chi connectivity index (χ1) is 6.29. The summed E-state index contributed by atoms with van der Waals surface area (Å²) in [5.41, 5.74) is 0. The van der Waals surface area contributed by atoms with Gasteiger partial charge in [0.25, 0.3) is 0 Å². The average Bonchev–Trinajstić information content (AvgIpc) is 2.86. The second-order valence-corrected chi connectivity index (χ2v) is 3.66. The molecule has 1 atom stereocenters. The van der Waals surface area contributed by atoms with Crippen molar-refractivity contribution in [3.8, 4) is 0 Å². The summed E-state index contributed by atoms with van der Waals surface area (Å²) in [6.07, 6.45) is 7.58. The van der Waals surface area contributed by atoms with Crippen LogP contribution in [0.1, 0.15) is 44.9 Å². The van der Waals surface area contributed by atoms with E-state index in [1.165, 1.54) is 25.7 Å². The van der Waals surface area contributed by atoms with Crippen molar-refractivity contribution in [2.45, 2.75) is 51.0 Å². The molecule has 3 heteroatoms. The highest BCUT2D eigenvalue weighted by Gasteiger charge is 2.20. The van der Waals surface area contributed by atoms with Crippen LogP contribution in [-0.4, -0.2) is 23.8 Å². The minimum absolute atomic E-state index is 0.325. The highest BCUT2D eigenvalue weighted by atomic mass is 16.6. The van der Waals surface area contributed by atoms with E-state index in [4.69, 9.17) is 9.84 Å². The van der Waals surface area contributed by atoms with Crippen LogP contribution in [0.15, 0.2) is 0 Å². The minimum Gasteiger partial charge on any atom is -0.481 e. The summed E-state index contributed by atoms with van der Waals surface area (Å²) in [7, 11) is 0. The maximum atomic E-state index is 10.2. The topological polar surface area (TPSA) is 49.8 Å². The average molecular weight is 186 g/mol. The zero-order chi connectivity index (χ0) is 9.52. The molecule has 1 saturated heterocycles. The summed E-state index contributed by atoms with van der Waals surface area (Å²) < 4.78 is 5.09. The fourth-order valence-electron chi connectivity index (χ4n) is 1.41. The number of carboxylic acid groups (broad SMARTS) is 1. The van der Waals surface area contributed by atoms with Crippen LogP contribution in [0.3, 0.4) is 0 Å². The Morgan fingerprint density at radius 2 is 1.85 bits per heavy atom. The summed E-state index contributed by atoms with van der Waals surface area (Å²) >= 11 is 0. The molecule has 0 aromatic carbocycles. The van der Waals surface area contributed by atoms with E-state index < -0.39 is 5.97 Å². The summed E-state index contributed by atoms with van der Waals surface area (Å²) in [4.78, 5) is 10.2. The number of aliphatic carboxylic acids is 1. The van der Waals surface area contributed by atoms with Gasteiger partial charge in [-0.05, 0) is 12.8 Å². The largest absolute Gasteiger partial charge is 0.481 e. The third-order valence-corrected chi connectivity index (χ3v) is 2.32. The van der Waals surface area contributed by atoms with Crippen molar-refractivity contribution >= 4 is 5.97 Å². The van der Waals surface area contributed by atoms with E-state index >= 15 is 0 Å². The Labute approximate surface area is 79.1 Å². The Morgan fingerprint density at radius 1 is 1.23 bits per heavy atom. The molecule has 0 radical (unpaired) electrons. The van der Waals surface area contributed by atoms with Crippen LogP contribution in [0.4, 0.5) is 0 Å². The maximum absolute atomic E-state index is 10.2. The Bertz CT molecular complexity index is 152. The Hall–Kier alpha value is -0.570. The molecule has 0 spiro atoms. The highest BCUT2D eigenvalue weighted by Crippen LogP contribution is 2.17. The number of hydrogen-bond acceptors (Lipinski definition) is 2. The predicted molar refractivity (Wildman–Crippen MR) is 49.7 cm³/mol. The van der Waals surface area contributed by atoms with Crippen molar-refractivity contribution in [1.82, 2.24) is 0 Å². The number of epoxide rings is 1. The third kappa shape index (κ3) is 6.58. The molecule has 0 amide bonds. The molecule has 1 aliphatic rings. The molecule has 0 aromatic rings. The maximum Gasteiger partial charge on any atom is 0.303 e. The van der Waals surface area contributed by atoms with E-state index in [-0.39, 0.29) is 0 Å². The van der Waals surface area contributed by atoms with Crippen molar-refractivity contribution in [3.05, 3.63) is 0 Å². The second kappa shape index (κ2) is 5.97. The number of carboxylic acids is 1. The molecule has 1 heterocycles. The second-order valence-electron chi connectivity index (χ2n) is 3.66. The Morgan fingerprint density at radius 3 is 2.46 bits per heavy atom. The van der Waals surface area contributed by atoms with Gasteiger partial charge in [0.15, 0.2) is 0 Å². The van der Waals surface area contributed by atoms with E-state index in [0.717, 1.165) is 19.4 Å². The van der Waals surface area contributed by atoms with Crippen molar-refractivity contribution in [2.75, 3.05) is 6.61 Å². The summed E-state index contributed by atoms with van der Waals surface area (Å²) in [6, 6.07) is 0. The molecular weight excluding hydrogens is 168 g/mol. The van der Waals surface area contributed by atoms with E-state index in [9.17, 15) is 4.79 Å². The van der Waals surface area contributed by atoms with Gasteiger partial charge in [-0.1, -0.05) is 25.7 Å². The molecule has 13 heavy (non-hydrogen) atoms. The van der Waals surface area contributed by atoms with Gasteiger partial charge in [0.2, 0.25) is 0 Å². The lowest BCUT2D eigenvalue weighted by molar-refractivity contribution is -0.137. The molecule has 1 aliphatic heterocycles. The smallest absolute Gasteiger partial charge is 0.303 e. The Balaban J connectivity index is 1.70. The highest BCUT2D eigenvalue weighted by molar-refractivity contribution is 5.66. The number of carbonyl (C=O) groups is 1. The van der Waals surface area contributed by atoms with Crippen molar-refractivity contribution < 1.29 is 14.6 Å². The van der Waals surface area contributed by atoms with Crippen LogP contribution < -0.4 is 0 Å². The van der Waals surface area contributed by atoms with Gasteiger partial charge in [-0.2, -0.15) is 0 Å². The first-order valence-electron chi connectivity index (χ1n) is 5.12. The lowest BCUT2D eigenvalue weighted by Crippen LogP contribution is -1.93. The van der Waals surface area contributed by atoms with Crippen LogP contribution in [0.2, 0.25) is 0 Å². The van der Waals surface area contributed by atoms with E-state index in [0.29, 0.717) is 12.5 Å². The van der Waals surface area contributed by atoms with Crippen molar-refractivity contribution in [3.63, 3.8) is 0 Å². The van der Waals surface area contributed by atoms with E-state index in [1.807, 2.05) is 0 Å². The summed E-state index contributed by atoms with van der Waals surface area (Å²) in [5.74, 6) is -0.675. The first-order valence-corrected chi connectivity index (χ1v) is 5.12. The SMILES string of the molecule is O=C(O)CCCCCCCC1CO1. The fourth-order valence-corrected chi connectivity index (χ4v) is 1.41. The van der Waals surface area contributed by atoms with Gasteiger partial charge < -0.3 is 9.84 Å². The van der Waals surface area contributed by atoms with Crippen LogP contribution in [0.5, 0.6) is 0 Å². The predicted octanol–water partition coefficient (Wildman–Crippen LogP) is 2.20. The van der Waals surface area contributed by atoms with Gasteiger partial charge in [0.05, 0.1) is 12.7 Å². The number of rotatable bonds is 8. The minimum atomic E-state index is -0.675. The molecule has 0 saturated carbocycles. The number of unbranched alkanes of at least 4 members (excludes halogenated alkanes) is 4. The lowest BCUT2D eigenvalue weighted by atomic mass is 10.1. The standard InChI is InChI=1S/C10H18O3/c11-10(12)7-5-3-1-2-4-6-9-8-13-9/h9H,1-8H2,(H,11,12). The normalized spacial score (nSPS) is 20.2. The lowest BCUT2D eigenvalue weighted by Gasteiger charge is -1.98. The molecule has 1 N–H and O–H groups in total. The van der Waals surface area contributed by atoms with Gasteiger partial charge in [-0.15, -0.1) is 0 Å². The number of hydrogen-bond donors (Lipinski definition) is 1. The molecule has 0 aliphatic carbocycles. The molecule has 0 bridgehead atoms. The van der Waals surface area contributed by atoms with Crippen LogP contribution in [0, 0.1) is 0 Å². The summed E-state index contributed by atoms with van der Waals surface area (Å²) in [5, 5.41) is 8.38. The zero-order valence-corrected chi connectivity index (χ0v) is 8.00. The van der Waals surface area contributed by atoms with Gasteiger partial charge in [0.1, 0.15) is 0 Å². The molecule has 0 aromatic heterocycles. The molecule has 1 unspecified atom stereocenters. The first kappa shape index (κ1) is 10.5. The van der Waals surface area contributed by atoms with E-state index in [1.54, 1.807) is 0 Å². The summed E-state index contributed by atoms with van der Waals surface area (Å²) in [6.45, 7) is 0.957. The molecule has 1 fully saturated rings. The van der Waals surface area contributed by atoms with Crippen LogP contribution >= 0.6 is 0 Å². The van der Waals surface area contributed by atoms with Crippen molar-refractivity contribution in [2.24, 2.45) is 0 Å². The monoisotopic (exact) mass is 186 g/mol. The quantitative estimate of drug-likeness (QED) is 0.467. The molecule has 1 rings (SSSR count). The molecule has 3 nitrogen and oxygen atoms in total. The van der Waals surface area contributed by atoms with Crippen molar-refractivity contribution in [1.29, 1.82) is 0 Å². The Kier molecular flexibility index (Phi) is 4.83. The van der Waals surface area contributed by atoms with Gasteiger partial charge >= 0.3 is 5.97 Å². The van der Waals surface area contributed by atoms with E-state index in [2.05, 4.69) is 0 Å². The third-order valence-electron chi connectivity index (χ3n) is 2.32. The number of ether oxygens (including phenoxy) is 1. The van der Waals surface area contributed by atoms with Crippen LogP contribution in [0.25, 0.3) is 0 Å². The molecular formula is C10H18O3.